The Morgan fingerprint density at radius 3 is 0.533 bits per heavy atom. The molecule has 0 aliphatic carbocycles. The molecule has 0 fully saturated rings. The predicted molar refractivity (Wildman–Crippen MR) is 425 cm³/mol. The van der Waals surface area contributed by atoms with E-state index in [0.717, 1.165) is 49.6 Å². The van der Waals surface area contributed by atoms with Gasteiger partial charge in [0.1, 0.15) is 85.2 Å². The van der Waals surface area contributed by atoms with Gasteiger partial charge >= 0.3 is 71.2 Å². The summed E-state index contributed by atoms with van der Waals surface area (Å²) < 4.78 is 94.9. The van der Waals surface area contributed by atoms with E-state index in [9.17, 15) is 105 Å². The average Bonchev–Trinajstić information content (AvgIpc) is 0.794. The van der Waals surface area contributed by atoms with E-state index in [2.05, 4.69) is 9.44 Å². The van der Waals surface area contributed by atoms with Gasteiger partial charge in [-0.05, 0) is 111 Å². The number of nitrogens with zero attached hydrogens (tertiary/aromatic N) is 6. The molecule has 648 valence electrons. The molecule has 0 radical (unpaired) electrons. The van der Waals surface area contributed by atoms with E-state index in [0.29, 0.717) is 0 Å². The summed E-state index contributed by atoms with van der Waals surface area (Å²) >= 11 is 0. The molecule has 0 saturated heterocycles. The van der Waals surface area contributed by atoms with Gasteiger partial charge in [-0.1, -0.05) is 108 Å². The van der Waals surface area contributed by atoms with Crippen molar-refractivity contribution in [3.05, 3.63) is 239 Å². The molecule has 8 aromatic rings. The van der Waals surface area contributed by atoms with Crippen LogP contribution in [0, 0.1) is 85.0 Å². The summed E-state index contributed by atoms with van der Waals surface area (Å²) in [5.74, 6) is -10.4. The summed E-state index contributed by atoms with van der Waals surface area (Å²) in [4.78, 5) is 135. The molecule has 8 aromatic carbocycles. The van der Waals surface area contributed by atoms with Crippen LogP contribution >= 0.6 is 0 Å². The smallest absolute Gasteiger partial charge is 0.545 e. The number of nitrogens with one attached hydrogen (secondary N) is 2. The summed E-state index contributed by atoms with van der Waals surface area (Å²) in [5, 5.41) is 70.4. The van der Waals surface area contributed by atoms with Crippen LogP contribution < -0.4 is 68.5 Å². The topological polar surface area (TPSA) is 510 Å². The molecule has 0 spiro atoms. The Balaban J connectivity index is 0. The van der Waals surface area contributed by atoms with E-state index in [1.807, 2.05) is 0 Å². The molecule has 122 heavy (non-hydrogen) atoms. The Bertz CT molecular complexity index is 4210. The molecule has 2 N–H and O–H groups in total. The maximum Gasteiger partial charge on any atom is 3.00 e. The van der Waals surface area contributed by atoms with Gasteiger partial charge in [0.2, 0.25) is 58.5 Å². The van der Waals surface area contributed by atoms with Gasteiger partial charge in [-0.2, -0.15) is 9.44 Å². The maximum atomic E-state index is 13.7. The molecule has 0 aliphatic heterocycles. The van der Waals surface area contributed by atoms with Crippen LogP contribution in [0.4, 0.5) is 0 Å². The molecule has 0 aliphatic rings. The van der Waals surface area contributed by atoms with Gasteiger partial charge in [-0.25, -0.2) is 16.8 Å². The number of para-hydroxylation sites is 6. The molecule has 0 saturated carbocycles. The minimum atomic E-state index is -4.40. The Kier molecular flexibility index (Phi) is 53.8. The minimum Gasteiger partial charge on any atom is -0.545 e. The molecule has 0 heterocycles. The van der Waals surface area contributed by atoms with Gasteiger partial charge in [0, 0.05) is 118 Å². The van der Waals surface area contributed by atoms with Crippen LogP contribution in [0.3, 0.4) is 0 Å². The molecule has 0 atom stereocenters. The first-order valence-corrected chi connectivity index (χ1v) is 37.9. The van der Waals surface area contributed by atoms with Crippen LogP contribution in [0.5, 0.6) is 34.5 Å². The van der Waals surface area contributed by atoms with Crippen molar-refractivity contribution in [2.75, 3.05) is 124 Å². The number of carbonyl (C=O) groups is 12. The number of aromatic carboxylic acids is 6. The predicted octanol–water partition coefficient (Wildman–Crippen LogP) is -1.09. The van der Waals surface area contributed by atoms with Crippen LogP contribution in [-0.4, -0.2) is 256 Å². The van der Waals surface area contributed by atoms with Crippen molar-refractivity contribution >= 4 is 94.3 Å². The van der Waals surface area contributed by atoms with Gasteiger partial charge < -0.3 is 117 Å². The van der Waals surface area contributed by atoms with E-state index in [1.54, 1.807) is 123 Å². The van der Waals surface area contributed by atoms with Gasteiger partial charge in [-0.3, -0.25) is 28.8 Å². The van der Waals surface area contributed by atoms with Crippen LogP contribution in [0.1, 0.15) is 73.3 Å². The second-order valence-electron chi connectivity index (χ2n) is 26.2. The fourth-order valence-electron chi connectivity index (χ4n) is 8.41. The van der Waals surface area contributed by atoms with E-state index < -0.39 is 107 Å². The third kappa shape index (κ3) is 43.1. The number of hydrogen-bond acceptors (Lipinski definition) is 28. The zero-order chi connectivity index (χ0) is 90.9. The summed E-state index contributed by atoms with van der Waals surface area (Å²) in [5.41, 5.74) is -4.35. The molecular weight excluding hydrogens is 1890 g/mol. The fraction of sp³-hybridized carbons (Fsp3) is 0.268. The first-order chi connectivity index (χ1) is 56.4. The van der Waals surface area contributed by atoms with Crippen LogP contribution in [0.15, 0.2) is 204 Å². The minimum absolute atomic E-state index is 0. The largest absolute Gasteiger partial charge is 3.00 e. The van der Waals surface area contributed by atoms with Crippen LogP contribution in [0.25, 0.3) is 0 Å². The van der Waals surface area contributed by atoms with Gasteiger partial charge in [-0.15, -0.1) is 0 Å². The van der Waals surface area contributed by atoms with Crippen molar-refractivity contribution in [3.8, 4) is 34.5 Å². The number of ether oxygens (including phenoxy) is 6. The third-order valence-corrected chi connectivity index (χ3v) is 17.5. The average molecular weight is 1980 g/mol. The number of sulfonamides is 2. The number of carbonyl (C=O) groups excluding carboxylic acids is 12. The number of carboxylic acids is 6. The van der Waals surface area contributed by atoms with Crippen molar-refractivity contribution in [1.29, 1.82) is 0 Å². The summed E-state index contributed by atoms with van der Waals surface area (Å²) in [6, 6.07) is 44.5. The van der Waals surface area contributed by atoms with Crippen LogP contribution in [-0.2, 0) is 48.8 Å². The molecule has 8 rings (SSSR count). The monoisotopic (exact) mass is 1980 g/mol. The number of carboxylic acid groups (broad SMARTS) is 6. The van der Waals surface area contributed by atoms with Crippen molar-refractivity contribution in [2.24, 2.45) is 0 Å². The molecule has 6 amide bonds. The molecule has 0 unspecified atom stereocenters. The van der Waals surface area contributed by atoms with Gasteiger partial charge in [0.25, 0.3) is 0 Å². The Morgan fingerprint density at radius 1 is 0.279 bits per heavy atom. The molecule has 36 nitrogen and oxygen atoms in total. The number of benzene rings is 8. The van der Waals surface area contributed by atoms with E-state index in [-0.39, 0.29) is 149 Å². The first kappa shape index (κ1) is 112. The molecular formula is C82H94La2N8O28S2. The Hall–Kier alpha value is -11.6. The molecule has 40 heteroatoms. The number of hydrogen-bond donors (Lipinski definition) is 2. The molecule has 0 aromatic heterocycles. The van der Waals surface area contributed by atoms with Crippen molar-refractivity contribution in [2.45, 2.75) is 34.7 Å². The van der Waals surface area contributed by atoms with Crippen molar-refractivity contribution < 1.29 is 205 Å². The standard InChI is InChI=1S/2C32H29NO11S.6C3H7NO.2La/c2*1-21-14-16-22(17-15-21)45(40,41)33-32(18-42-26-11-5-2-8-23(26)29(34)35,19-43-27-12-6-3-9-24(27)30(36)37)20-44-28-13-7-4-10-25(28)31(38)39;6*1-4(2)3-5;;/h2*2-17,33H,18-20H2,1H3,(H,34,35)(H,36,37)(H,38,39);6*3H,1-2H3;;/q;;;;;;;;2*+3/p-6. The zero-order valence-electron chi connectivity index (χ0n) is 69.3. The Labute approximate surface area is 763 Å². The second-order valence-corrected chi connectivity index (χ2v) is 29.6. The fourth-order valence-corrected chi connectivity index (χ4v) is 11.1. The summed E-state index contributed by atoms with van der Waals surface area (Å²) in [6.07, 6.45) is 4.50. The van der Waals surface area contributed by atoms with E-state index in [1.165, 1.54) is 199 Å². The normalized spacial score (nSPS) is 10.1. The van der Waals surface area contributed by atoms with E-state index >= 15 is 0 Å². The maximum absolute atomic E-state index is 13.7. The zero-order valence-corrected chi connectivity index (χ0v) is 78.2. The third-order valence-electron chi connectivity index (χ3n) is 14.3. The van der Waals surface area contributed by atoms with E-state index in [4.69, 9.17) is 28.4 Å². The quantitative estimate of drug-likeness (QED) is 0.0440. The summed E-state index contributed by atoms with van der Waals surface area (Å²) in [7, 11) is 11.4. The number of amides is 6. The molecule has 0 bridgehead atoms. The first-order valence-electron chi connectivity index (χ1n) is 34.9. The van der Waals surface area contributed by atoms with Gasteiger partial charge in [0.15, 0.2) is 0 Å². The summed E-state index contributed by atoms with van der Waals surface area (Å²) in [6.45, 7) is -0.365. The SMILES string of the molecule is CN(C)C=O.CN(C)C=O.CN(C)C=O.CN(C)C=O.CN(C)C=O.CN(C)C=O.Cc1ccc(S(=O)(=O)NC(COc2ccccc2C(=O)[O-])(COc2ccccc2C(=O)[O-])COc2ccccc2C(=O)[O-])cc1.Cc1ccc(S(=O)(=O)NC(COc2ccccc2C(=O)[O-])(COc2ccccc2C(=O)[O-])COc2ccccc2C(=O)[O-])cc1.[La+3].[La+3]. The van der Waals surface area contributed by atoms with Crippen molar-refractivity contribution in [3.63, 3.8) is 0 Å². The van der Waals surface area contributed by atoms with Crippen molar-refractivity contribution in [1.82, 2.24) is 38.8 Å². The second kappa shape index (κ2) is 58.4. The number of aryl methyl sites for hydroxylation is 2. The Morgan fingerprint density at radius 2 is 0.410 bits per heavy atom. The van der Waals surface area contributed by atoms with Gasteiger partial charge in [0.05, 0.1) is 45.6 Å². The number of rotatable bonds is 36. The van der Waals surface area contributed by atoms with Crippen LogP contribution in [0.2, 0.25) is 0 Å².